The Balaban J connectivity index is 3.22. The van der Waals surface area contributed by atoms with Gasteiger partial charge in [0.05, 0.1) is 0 Å². The second-order valence-electron chi connectivity index (χ2n) is 4.51. The van der Waals surface area contributed by atoms with Gasteiger partial charge in [-0.3, -0.25) is 0 Å². The van der Waals surface area contributed by atoms with Crippen LogP contribution in [0.1, 0.15) is 56.5 Å². The van der Waals surface area contributed by atoms with E-state index in [0.717, 1.165) is 0 Å². The molecule has 0 saturated heterocycles. The summed E-state index contributed by atoms with van der Waals surface area (Å²) in [7, 11) is 2.18. The minimum absolute atomic E-state index is 0.621. The molecule has 1 aromatic heterocycles. The van der Waals surface area contributed by atoms with Crippen LogP contribution in [0.2, 0.25) is 0 Å². The monoisotopic (exact) mass is 179 g/mol. The van der Waals surface area contributed by atoms with Crippen molar-refractivity contribution in [2.75, 3.05) is 0 Å². The van der Waals surface area contributed by atoms with E-state index in [-0.39, 0.29) is 0 Å². The molecule has 0 spiro atoms. The zero-order valence-electron chi connectivity index (χ0n) is 9.68. The van der Waals surface area contributed by atoms with Gasteiger partial charge in [-0.15, -0.1) is 0 Å². The van der Waals surface area contributed by atoms with E-state index >= 15 is 0 Å². The maximum Gasteiger partial charge on any atom is 0.0229 e. The molecule has 1 heterocycles. The highest BCUT2D eigenvalue weighted by Gasteiger charge is 2.13. The highest BCUT2D eigenvalue weighted by atomic mass is 15.0. The van der Waals surface area contributed by atoms with Crippen molar-refractivity contribution < 1.29 is 0 Å². The molecule has 0 radical (unpaired) electrons. The molecule has 1 aromatic rings. The fourth-order valence-electron chi connectivity index (χ4n) is 2.19. The maximum absolute atomic E-state index is 2.35. The highest BCUT2D eigenvalue weighted by Crippen LogP contribution is 2.26. The average Bonchev–Trinajstić information content (AvgIpc) is 2.26. The van der Waals surface area contributed by atoms with Crippen LogP contribution in [0.15, 0.2) is 6.07 Å². The second-order valence-corrected chi connectivity index (χ2v) is 4.51. The molecular formula is C12H21N. The van der Waals surface area contributed by atoms with E-state index in [4.69, 9.17) is 0 Å². The molecule has 1 nitrogen and oxygen atoms in total. The topological polar surface area (TPSA) is 4.93 Å². The summed E-state index contributed by atoms with van der Waals surface area (Å²) < 4.78 is 2.35. The molecular weight excluding hydrogens is 158 g/mol. The molecule has 0 atom stereocenters. The van der Waals surface area contributed by atoms with Crippen molar-refractivity contribution in [2.24, 2.45) is 7.05 Å². The first-order valence-electron chi connectivity index (χ1n) is 5.11. The normalized spacial score (nSPS) is 11.7. The van der Waals surface area contributed by atoms with Crippen molar-refractivity contribution >= 4 is 0 Å². The van der Waals surface area contributed by atoms with Crippen molar-refractivity contribution in [3.8, 4) is 0 Å². The Labute approximate surface area is 81.8 Å². The number of hydrogen-bond donors (Lipinski definition) is 0. The van der Waals surface area contributed by atoms with E-state index in [1.54, 1.807) is 0 Å². The van der Waals surface area contributed by atoms with Crippen LogP contribution in [0.3, 0.4) is 0 Å². The number of hydrogen-bond acceptors (Lipinski definition) is 0. The molecule has 0 unspecified atom stereocenters. The zero-order chi connectivity index (χ0) is 10.2. The fourth-order valence-corrected chi connectivity index (χ4v) is 2.19. The van der Waals surface area contributed by atoms with Crippen molar-refractivity contribution in [2.45, 2.75) is 46.5 Å². The van der Waals surface area contributed by atoms with Crippen LogP contribution in [-0.4, -0.2) is 4.57 Å². The molecule has 0 N–H and O–H groups in total. The van der Waals surface area contributed by atoms with Crippen LogP contribution in [0, 0.1) is 6.92 Å². The van der Waals surface area contributed by atoms with Gasteiger partial charge in [-0.2, -0.15) is 0 Å². The van der Waals surface area contributed by atoms with E-state index < -0.39 is 0 Å². The molecule has 74 valence electrons. The molecule has 0 aliphatic heterocycles. The van der Waals surface area contributed by atoms with E-state index in [9.17, 15) is 0 Å². The van der Waals surface area contributed by atoms with Crippen molar-refractivity contribution in [3.05, 3.63) is 23.0 Å². The average molecular weight is 179 g/mol. The number of aryl methyl sites for hydroxylation is 1. The summed E-state index contributed by atoms with van der Waals surface area (Å²) in [4.78, 5) is 0. The lowest BCUT2D eigenvalue weighted by molar-refractivity contribution is 0.676. The van der Waals surface area contributed by atoms with Crippen LogP contribution in [0.4, 0.5) is 0 Å². The van der Waals surface area contributed by atoms with Gasteiger partial charge in [0.2, 0.25) is 0 Å². The second kappa shape index (κ2) is 3.57. The minimum atomic E-state index is 0.621. The van der Waals surface area contributed by atoms with Gasteiger partial charge in [0.15, 0.2) is 0 Å². The van der Waals surface area contributed by atoms with Crippen LogP contribution >= 0.6 is 0 Å². The van der Waals surface area contributed by atoms with Crippen molar-refractivity contribution in [1.82, 2.24) is 4.57 Å². The molecule has 0 amide bonds. The van der Waals surface area contributed by atoms with Crippen LogP contribution in [-0.2, 0) is 7.05 Å². The Morgan fingerprint density at radius 2 is 1.62 bits per heavy atom. The summed E-state index contributed by atoms with van der Waals surface area (Å²) in [6.45, 7) is 11.2. The number of aromatic nitrogens is 1. The third kappa shape index (κ3) is 1.79. The molecule has 0 bridgehead atoms. The van der Waals surface area contributed by atoms with E-state index in [2.05, 4.69) is 52.3 Å². The van der Waals surface area contributed by atoms with E-state index in [0.29, 0.717) is 11.8 Å². The molecule has 0 aromatic carbocycles. The summed E-state index contributed by atoms with van der Waals surface area (Å²) in [6, 6.07) is 2.32. The van der Waals surface area contributed by atoms with Gasteiger partial charge >= 0.3 is 0 Å². The van der Waals surface area contributed by atoms with Crippen LogP contribution in [0.25, 0.3) is 0 Å². The van der Waals surface area contributed by atoms with Gasteiger partial charge < -0.3 is 4.57 Å². The Hall–Kier alpha value is -0.720. The predicted octanol–water partition coefficient (Wildman–Crippen LogP) is 3.58. The maximum atomic E-state index is 2.35. The first kappa shape index (κ1) is 10.4. The molecule has 0 aliphatic rings. The summed E-state index contributed by atoms with van der Waals surface area (Å²) in [5.74, 6) is 1.24. The number of nitrogens with zero attached hydrogens (tertiary/aromatic N) is 1. The third-order valence-electron chi connectivity index (χ3n) is 2.66. The van der Waals surface area contributed by atoms with Crippen LogP contribution in [0.5, 0.6) is 0 Å². The number of rotatable bonds is 2. The van der Waals surface area contributed by atoms with Gasteiger partial charge in [-0.05, 0) is 30.4 Å². The van der Waals surface area contributed by atoms with Crippen LogP contribution < -0.4 is 0 Å². The van der Waals surface area contributed by atoms with Gasteiger partial charge in [0.1, 0.15) is 0 Å². The molecule has 0 aliphatic carbocycles. The predicted molar refractivity (Wildman–Crippen MR) is 58.3 cm³/mol. The fraction of sp³-hybridized carbons (Fsp3) is 0.667. The van der Waals surface area contributed by atoms with Crippen molar-refractivity contribution in [3.63, 3.8) is 0 Å². The molecule has 1 rings (SSSR count). The van der Waals surface area contributed by atoms with Gasteiger partial charge in [-0.25, -0.2) is 0 Å². The van der Waals surface area contributed by atoms with Gasteiger partial charge in [-0.1, -0.05) is 27.7 Å². The van der Waals surface area contributed by atoms with E-state index in [1.165, 1.54) is 17.0 Å². The van der Waals surface area contributed by atoms with Gasteiger partial charge in [0, 0.05) is 18.4 Å². The smallest absolute Gasteiger partial charge is 0.0229 e. The Kier molecular flexibility index (Phi) is 2.84. The summed E-state index contributed by atoms with van der Waals surface area (Å²) in [6.07, 6.45) is 0. The largest absolute Gasteiger partial charge is 0.351 e. The quantitative estimate of drug-likeness (QED) is 0.654. The summed E-state index contributed by atoms with van der Waals surface area (Å²) in [5.41, 5.74) is 4.35. The first-order chi connectivity index (χ1) is 5.95. The zero-order valence-corrected chi connectivity index (χ0v) is 9.68. The Morgan fingerprint density at radius 3 is 1.85 bits per heavy atom. The molecule has 1 heteroatoms. The summed E-state index contributed by atoms with van der Waals surface area (Å²) >= 11 is 0. The molecule has 13 heavy (non-hydrogen) atoms. The SMILES string of the molecule is Cc1cc(C(C)C)n(C)c1C(C)C. The standard InChI is InChI=1S/C12H21N/c1-8(2)11-7-10(5)12(9(3)4)13(11)6/h7-9H,1-6H3. The molecule has 0 saturated carbocycles. The van der Waals surface area contributed by atoms with Crippen molar-refractivity contribution in [1.29, 1.82) is 0 Å². The van der Waals surface area contributed by atoms with Gasteiger partial charge in [0.25, 0.3) is 0 Å². The lowest BCUT2D eigenvalue weighted by Gasteiger charge is -2.12. The lowest BCUT2D eigenvalue weighted by atomic mass is 10.1. The first-order valence-corrected chi connectivity index (χ1v) is 5.11. The Morgan fingerprint density at radius 1 is 1.08 bits per heavy atom. The third-order valence-corrected chi connectivity index (χ3v) is 2.66. The minimum Gasteiger partial charge on any atom is -0.351 e. The highest BCUT2D eigenvalue weighted by molar-refractivity contribution is 5.30. The molecule has 0 fully saturated rings. The van der Waals surface area contributed by atoms with E-state index in [1.807, 2.05) is 0 Å². The Bertz CT molecular complexity index is 292. The lowest BCUT2D eigenvalue weighted by Crippen LogP contribution is -2.04. The summed E-state index contributed by atoms with van der Waals surface area (Å²) in [5, 5.41) is 0.